The van der Waals surface area contributed by atoms with Gasteiger partial charge in [0.05, 0.1) is 6.61 Å². The molecular weight excluding hydrogens is 524 g/mol. The molecule has 7 heteroatoms. The molecule has 0 aromatic heterocycles. The Hall–Kier alpha value is 0.310. The summed E-state index contributed by atoms with van der Waals surface area (Å²) in [6, 6.07) is 9.62. The van der Waals surface area contributed by atoms with E-state index in [9.17, 15) is 4.79 Å². The number of rotatable bonds is 6. The maximum Gasteiger partial charge on any atom is 0.335 e. The highest BCUT2D eigenvalue weighted by Crippen LogP contribution is 2.50. The Bertz CT molecular complexity index is 486. The van der Waals surface area contributed by atoms with E-state index in [-0.39, 0.29) is 5.57 Å². The molecular formula is C13H12Br4O3. The number of hydrogen-bond acceptors (Lipinski definition) is 3. The van der Waals surface area contributed by atoms with Crippen molar-refractivity contribution in [2.45, 2.75) is 20.4 Å². The van der Waals surface area contributed by atoms with Gasteiger partial charge in [0, 0.05) is 5.57 Å². The lowest BCUT2D eigenvalue weighted by atomic mass is 10.2. The molecule has 0 aliphatic carbocycles. The minimum absolute atomic E-state index is 0.284. The van der Waals surface area contributed by atoms with Crippen molar-refractivity contribution >= 4 is 69.7 Å². The molecule has 0 radical (unpaired) electrons. The van der Waals surface area contributed by atoms with Gasteiger partial charge < -0.3 is 9.47 Å². The largest absolute Gasteiger partial charge is 0.428 e. The molecule has 0 saturated heterocycles. The summed E-state index contributed by atoms with van der Waals surface area (Å²) in [7, 11) is 0. The van der Waals surface area contributed by atoms with Crippen molar-refractivity contribution in [3.63, 3.8) is 0 Å². The van der Waals surface area contributed by atoms with E-state index in [1.807, 2.05) is 30.3 Å². The van der Waals surface area contributed by atoms with Crippen LogP contribution in [0.1, 0.15) is 12.5 Å². The van der Waals surface area contributed by atoms with Crippen molar-refractivity contribution in [1.82, 2.24) is 0 Å². The monoisotopic (exact) mass is 532 g/mol. The van der Waals surface area contributed by atoms with Crippen LogP contribution in [0.5, 0.6) is 0 Å². The molecule has 0 fully saturated rings. The second kappa shape index (κ2) is 7.54. The van der Waals surface area contributed by atoms with Crippen LogP contribution in [0.2, 0.25) is 0 Å². The fourth-order valence-corrected chi connectivity index (χ4v) is 2.01. The zero-order valence-corrected chi connectivity index (χ0v) is 16.9. The molecule has 3 nitrogen and oxygen atoms in total. The fourth-order valence-electron chi connectivity index (χ4n) is 1.10. The molecule has 0 unspecified atom stereocenters. The lowest BCUT2D eigenvalue weighted by Crippen LogP contribution is -2.41. The number of esters is 1. The van der Waals surface area contributed by atoms with Crippen LogP contribution in [-0.2, 0) is 20.9 Å². The van der Waals surface area contributed by atoms with E-state index in [1.54, 1.807) is 6.92 Å². The molecule has 0 bridgehead atoms. The van der Waals surface area contributed by atoms with Crippen LogP contribution in [0.3, 0.4) is 0 Å². The molecule has 110 valence electrons. The summed E-state index contributed by atoms with van der Waals surface area (Å²) < 4.78 is 8.47. The summed E-state index contributed by atoms with van der Waals surface area (Å²) in [5.41, 5.74) is 1.27. The van der Waals surface area contributed by atoms with Gasteiger partial charge in [0.25, 0.3) is 3.42 Å². The van der Waals surface area contributed by atoms with Crippen molar-refractivity contribution in [1.29, 1.82) is 0 Å². The van der Waals surface area contributed by atoms with Gasteiger partial charge in [-0.15, -0.1) is 0 Å². The number of carbonyl (C=O) groups excluding carboxylic acids is 1. The Morgan fingerprint density at radius 2 is 1.70 bits per heavy atom. The van der Waals surface area contributed by atoms with Gasteiger partial charge in [0.2, 0.25) is 3.42 Å². The van der Waals surface area contributed by atoms with Crippen LogP contribution >= 0.6 is 63.7 Å². The molecule has 1 rings (SSSR count). The number of halogens is 4. The van der Waals surface area contributed by atoms with Crippen molar-refractivity contribution in [3.8, 4) is 0 Å². The first-order valence-electron chi connectivity index (χ1n) is 5.48. The third-order valence-corrected chi connectivity index (χ3v) is 7.31. The van der Waals surface area contributed by atoms with Gasteiger partial charge in [-0.25, -0.2) is 4.79 Å². The molecule has 0 heterocycles. The van der Waals surface area contributed by atoms with Crippen LogP contribution in [0.4, 0.5) is 0 Å². The highest BCUT2D eigenvalue weighted by atomic mass is 79.9. The van der Waals surface area contributed by atoms with E-state index in [0.29, 0.717) is 6.61 Å². The number of hydrogen-bond donors (Lipinski definition) is 0. The molecule has 0 spiro atoms. The highest BCUT2D eigenvalue weighted by Gasteiger charge is 2.50. The third kappa shape index (κ3) is 5.26. The molecule has 0 N–H and O–H groups in total. The second-order valence-corrected chi connectivity index (χ2v) is 10.6. The zero-order valence-electron chi connectivity index (χ0n) is 10.5. The quantitative estimate of drug-likeness (QED) is 0.285. The average Bonchev–Trinajstić information content (AvgIpc) is 2.37. The normalized spacial score (nSPS) is 12.1. The van der Waals surface area contributed by atoms with Crippen molar-refractivity contribution in [2.24, 2.45) is 0 Å². The van der Waals surface area contributed by atoms with E-state index in [2.05, 4.69) is 70.3 Å². The van der Waals surface area contributed by atoms with Crippen LogP contribution < -0.4 is 0 Å². The third-order valence-electron chi connectivity index (χ3n) is 2.17. The lowest BCUT2D eigenvalue weighted by Gasteiger charge is -2.33. The van der Waals surface area contributed by atoms with Crippen LogP contribution in [0.15, 0.2) is 42.5 Å². The van der Waals surface area contributed by atoms with Crippen molar-refractivity contribution < 1.29 is 14.3 Å². The summed E-state index contributed by atoms with van der Waals surface area (Å²) in [4.78, 5) is 11.6. The van der Waals surface area contributed by atoms with Crippen molar-refractivity contribution in [2.75, 3.05) is 0 Å². The topological polar surface area (TPSA) is 35.5 Å². The fraction of sp³-hybridized carbons (Fsp3) is 0.308. The van der Waals surface area contributed by atoms with Gasteiger partial charge in [0.1, 0.15) is 0 Å². The van der Waals surface area contributed by atoms with E-state index in [4.69, 9.17) is 9.47 Å². The summed E-state index contributed by atoms with van der Waals surface area (Å²) in [5.74, 6) is -0.551. The molecule has 0 aliphatic heterocycles. The minimum atomic E-state index is -1.29. The predicted octanol–water partition coefficient (Wildman–Crippen LogP) is 5.21. The molecule has 0 atom stereocenters. The Kier molecular flexibility index (Phi) is 6.92. The summed E-state index contributed by atoms with van der Waals surface area (Å²) >= 11 is 13.2. The summed E-state index contributed by atoms with van der Waals surface area (Å²) in [6.45, 7) is 5.41. The Morgan fingerprint density at radius 1 is 1.15 bits per heavy atom. The van der Waals surface area contributed by atoms with Crippen molar-refractivity contribution in [3.05, 3.63) is 48.0 Å². The first-order valence-corrected chi connectivity index (χ1v) is 8.65. The molecule has 20 heavy (non-hydrogen) atoms. The Morgan fingerprint density at radius 3 is 2.20 bits per heavy atom. The zero-order chi connectivity index (χ0) is 15.4. The van der Waals surface area contributed by atoms with Gasteiger partial charge in [0.15, 0.2) is 0 Å². The van der Waals surface area contributed by atoms with Crippen LogP contribution in [0, 0.1) is 0 Å². The molecule has 0 amide bonds. The van der Waals surface area contributed by atoms with E-state index >= 15 is 0 Å². The number of ether oxygens (including phenoxy) is 2. The average molecular weight is 536 g/mol. The molecule has 0 aliphatic rings. The van der Waals surface area contributed by atoms with E-state index in [1.165, 1.54) is 0 Å². The highest BCUT2D eigenvalue weighted by molar-refractivity contribution is 9.30. The molecule has 1 aromatic carbocycles. The lowest BCUT2D eigenvalue weighted by molar-refractivity contribution is -0.145. The van der Waals surface area contributed by atoms with E-state index in [0.717, 1.165) is 5.56 Å². The SMILES string of the molecule is C=C(C)C(=O)OC(Br)(Br)C(Br)(Br)OCc1ccccc1. The Labute approximate surface area is 151 Å². The number of benzene rings is 1. The molecule has 0 saturated carbocycles. The Balaban J connectivity index is 2.71. The van der Waals surface area contributed by atoms with Gasteiger partial charge >= 0.3 is 5.97 Å². The minimum Gasteiger partial charge on any atom is -0.428 e. The standard InChI is InChI=1S/C13H12Br4O3/c1-9(2)11(18)20-13(16,17)12(14,15)19-8-10-6-4-3-5-7-10/h3-7H,1,8H2,2H3. The van der Waals surface area contributed by atoms with Gasteiger partial charge in [-0.3, -0.25) is 0 Å². The smallest absolute Gasteiger partial charge is 0.335 e. The summed E-state index contributed by atoms with van der Waals surface area (Å²) in [6.07, 6.45) is 0. The maximum absolute atomic E-state index is 11.6. The molecule has 1 aromatic rings. The maximum atomic E-state index is 11.6. The van der Waals surface area contributed by atoms with Gasteiger partial charge in [-0.05, 0) is 76.2 Å². The number of carbonyl (C=O) groups is 1. The first-order chi connectivity index (χ1) is 9.16. The van der Waals surface area contributed by atoms with Gasteiger partial charge in [-0.1, -0.05) is 36.9 Å². The first kappa shape index (κ1) is 18.4. The van der Waals surface area contributed by atoms with Crippen LogP contribution in [0.25, 0.3) is 0 Å². The van der Waals surface area contributed by atoms with E-state index < -0.39 is 12.8 Å². The predicted molar refractivity (Wildman–Crippen MR) is 93.3 cm³/mol. The van der Waals surface area contributed by atoms with Gasteiger partial charge in [-0.2, -0.15) is 0 Å². The summed E-state index contributed by atoms with van der Waals surface area (Å²) in [5, 5.41) is 0. The van der Waals surface area contributed by atoms with Crippen LogP contribution in [-0.4, -0.2) is 12.8 Å². The second-order valence-electron chi connectivity index (χ2n) is 3.98. The number of alkyl halides is 4.